The van der Waals surface area contributed by atoms with Crippen molar-refractivity contribution in [1.82, 2.24) is 4.90 Å². The van der Waals surface area contributed by atoms with E-state index in [1.165, 1.54) is 12.8 Å². The standard InChI is InChI=1S/C15H20N2O2/c1-2-19-13-7-3-11(4-8-13)14(18)17-9-15(16,10-17)12-5-6-12/h3-4,7-8,12H,2,5-6,9-10,16H2,1H3. The quantitative estimate of drug-likeness (QED) is 0.895. The Morgan fingerprint density at radius 2 is 2.00 bits per heavy atom. The summed E-state index contributed by atoms with van der Waals surface area (Å²) in [5, 5.41) is 0. The first-order valence-electron chi connectivity index (χ1n) is 6.93. The summed E-state index contributed by atoms with van der Waals surface area (Å²) in [4.78, 5) is 14.1. The van der Waals surface area contributed by atoms with Crippen molar-refractivity contribution in [3.8, 4) is 5.75 Å². The van der Waals surface area contributed by atoms with Crippen molar-refractivity contribution >= 4 is 5.91 Å². The Kier molecular flexibility index (Phi) is 2.97. The minimum Gasteiger partial charge on any atom is -0.494 e. The Hall–Kier alpha value is -1.55. The van der Waals surface area contributed by atoms with E-state index in [4.69, 9.17) is 10.5 Å². The van der Waals surface area contributed by atoms with Gasteiger partial charge in [-0.3, -0.25) is 4.79 Å². The molecule has 1 saturated heterocycles. The first-order valence-corrected chi connectivity index (χ1v) is 6.93. The van der Waals surface area contributed by atoms with E-state index in [1.54, 1.807) is 0 Å². The Morgan fingerprint density at radius 1 is 1.37 bits per heavy atom. The maximum absolute atomic E-state index is 12.3. The molecule has 3 rings (SSSR count). The molecular weight excluding hydrogens is 240 g/mol. The molecule has 1 amide bonds. The summed E-state index contributed by atoms with van der Waals surface area (Å²) in [6.07, 6.45) is 2.45. The normalized spacial score (nSPS) is 20.8. The summed E-state index contributed by atoms with van der Waals surface area (Å²) in [5.74, 6) is 1.51. The molecule has 0 atom stereocenters. The van der Waals surface area contributed by atoms with Crippen molar-refractivity contribution in [1.29, 1.82) is 0 Å². The van der Waals surface area contributed by atoms with Crippen LogP contribution in [0.25, 0.3) is 0 Å². The predicted molar refractivity (Wildman–Crippen MR) is 73.2 cm³/mol. The van der Waals surface area contributed by atoms with Crippen molar-refractivity contribution in [3.05, 3.63) is 29.8 Å². The third kappa shape index (κ3) is 2.32. The number of benzene rings is 1. The van der Waals surface area contributed by atoms with Crippen LogP contribution in [0, 0.1) is 5.92 Å². The lowest BCUT2D eigenvalue weighted by atomic mass is 9.85. The molecule has 0 spiro atoms. The molecule has 19 heavy (non-hydrogen) atoms. The molecule has 1 aromatic rings. The third-order valence-electron chi connectivity index (χ3n) is 4.06. The highest BCUT2D eigenvalue weighted by Gasteiger charge is 2.51. The Bertz CT molecular complexity index is 473. The number of carbonyl (C=O) groups is 1. The van der Waals surface area contributed by atoms with E-state index in [0.717, 1.165) is 5.75 Å². The molecule has 1 aromatic carbocycles. The third-order valence-corrected chi connectivity index (χ3v) is 4.06. The van der Waals surface area contributed by atoms with Gasteiger partial charge in [-0.1, -0.05) is 0 Å². The molecular formula is C15H20N2O2. The SMILES string of the molecule is CCOc1ccc(C(=O)N2CC(N)(C3CC3)C2)cc1. The number of nitrogens with two attached hydrogens (primary N) is 1. The first kappa shape index (κ1) is 12.5. The zero-order chi connectivity index (χ0) is 13.5. The number of carbonyl (C=O) groups excluding carboxylic acids is 1. The fraction of sp³-hybridized carbons (Fsp3) is 0.533. The molecule has 1 saturated carbocycles. The highest BCUT2D eigenvalue weighted by Crippen LogP contribution is 2.43. The van der Waals surface area contributed by atoms with Crippen LogP contribution in [0.15, 0.2) is 24.3 Å². The topological polar surface area (TPSA) is 55.6 Å². The fourth-order valence-electron chi connectivity index (χ4n) is 2.77. The highest BCUT2D eigenvalue weighted by molar-refractivity contribution is 5.95. The molecule has 0 unspecified atom stereocenters. The number of nitrogens with zero attached hydrogens (tertiary/aromatic N) is 1. The van der Waals surface area contributed by atoms with Gasteiger partial charge in [-0.2, -0.15) is 0 Å². The second-order valence-corrected chi connectivity index (χ2v) is 5.63. The van der Waals surface area contributed by atoms with Crippen LogP contribution in [0.5, 0.6) is 5.75 Å². The molecule has 0 radical (unpaired) electrons. The molecule has 0 bridgehead atoms. The lowest BCUT2D eigenvalue weighted by Gasteiger charge is -2.48. The maximum atomic E-state index is 12.3. The number of rotatable bonds is 4. The van der Waals surface area contributed by atoms with Gasteiger partial charge < -0.3 is 15.4 Å². The number of likely N-dealkylation sites (tertiary alicyclic amines) is 1. The number of amides is 1. The average molecular weight is 260 g/mol. The smallest absolute Gasteiger partial charge is 0.253 e. The van der Waals surface area contributed by atoms with E-state index in [2.05, 4.69) is 0 Å². The van der Waals surface area contributed by atoms with Crippen LogP contribution in [0.4, 0.5) is 0 Å². The summed E-state index contributed by atoms with van der Waals surface area (Å²) < 4.78 is 5.37. The van der Waals surface area contributed by atoms with E-state index in [9.17, 15) is 4.79 Å². The number of ether oxygens (including phenoxy) is 1. The largest absolute Gasteiger partial charge is 0.494 e. The van der Waals surface area contributed by atoms with Crippen molar-refractivity contribution in [3.63, 3.8) is 0 Å². The van der Waals surface area contributed by atoms with Gasteiger partial charge in [0.1, 0.15) is 5.75 Å². The molecule has 1 heterocycles. The van der Waals surface area contributed by atoms with Gasteiger partial charge in [0.15, 0.2) is 0 Å². The van der Waals surface area contributed by atoms with E-state index >= 15 is 0 Å². The van der Waals surface area contributed by atoms with Gasteiger partial charge in [0.05, 0.1) is 12.1 Å². The molecule has 4 nitrogen and oxygen atoms in total. The van der Waals surface area contributed by atoms with Gasteiger partial charge in [0, 0.05) is 18.7 Å². The Balaban J connectivity index is 1.61. The van der Waals surface area contributed by atoms with Gasteiger partial charge in [0.25, 0.3) is 5.91 Å². The van der Waals surface area contributed by atoms with Gasteiger partial charge in [-0.25, -0.2) is 0 Å². The lowest BCUT2D eigenvalue weighted by Crippen LogP contribution is -2.69. The van der Waals surface area contributed by atoms with Crippen molar-refractivity contribution in [2.45, 2.75) is 25.3 Å². The zero-order valence-electron chi connectivity index (χ0n) is 11.3. The molecule has 2 N–H and O–H groups in total. The van der Waals surface area contributed by atoms with Crippen molar-refractivity contribution < 1.29 is 9.53 Å². The Morgan fingerprint density at radius 3 is 2.53 bits per heavy atom. The van der Waals surface area contributed by atoms with E-state index in [1.807, 2.05) is 36.1 Å². The summed E-state index contributed by atoms with van der Waals surface area (Å²) in [5.41, 5.74) is 6.86. The van der Waals surface area contributed by atoms with E-state index < -0.39 is 0 Å². The molecule has 1 aliphatic carbocycles. The Labute approximate surface area is 113 Å². The molecule has 4 heteroatoms. The minimum absolute atomic E-state index is 0.0739. The van der Waals surface area contributed by atoms with Crippen LogP contribution in [-0.2, 0) is 0 Å². The zero-order valence-corrected chi connectivity index (χ0v) is 11.3. The summed E-state index contributed by atoms with van der Waals surface area (Å²) in [6.45, 7) is 3.97. The van der Waals surface area contributed by atoms with Gasteiger partial charge in [-0.05, 0) is 49.9 Å². The fourth-order valence-corrected chi connectivity index (χ4v) is 2.77. The second-order valence-electron chi connectivity index (χ2n) is 5.63. The van der Waals surface area contributed by atoms with E-state index in [-0.39, 0.29) is 11.4 Å². The first-order chi connectivity index (χ1) is 9.12. The second kappa shape index (κ2) is 4.53. The monoisotopic (exact) mass is 260 g/mol. The van der Waals surface area contributed by atoms with Gasteiger partial charge in [0.2, 0.25) is 0 Å². The summed E-state index contributed by atoms with van der Waals surface area (Å²) >= 11 is 0. The number of hydrogen-bond donors (Lipinski definition) is 1. The van der Waals surface area contributed by atoms with Crippen LogP contribution < -0.4 is 10.5 Å². The van der Waals surface area contributed by atoms with Gasteiger partial charge >= 0.3 is 0 Å². The molecule has 2 fully saturated rings. The molecule has 102 valence electrons. The van der Waals surface area contributed by atoms with Crippen molar-refractivity contribution in [2.75, 3.05) is 19.7 Å². The number of hydrogen-bond acceptors (Lipinski definition) is 3. The van der Waals surface area contributed by atoms with Crippen LogP contribution in [0.2, 0.25) is 0 Å². The van der Waals surface area contributed by atoms with Crippen LogP contribution in [0.1, 0.15) is 30.1 Å². The van der Waals surface area contributed by atoms with Crippen LogP contribution in [-0.4, -0.2) is 36.0 Å². The minimum atomic E-state index is -0.110. The van der Waals surface area contributed by atoms with E-state index in [0.29, 0.717) is 31.2 Å². The van der Waals surface area contributed by atoms with Crippen molar-refractivity contribution in [2.24, 2.45) is 11.7 Å². The molecule has 0 aromatic heterocycles. The maximum Gasteiger partial charge on any atom is 0.253 e. The molecule has 1 aliphatic heterocycles. The highest BCUT2D eigenvalue weighted by atomic mass is 16.5. The summed E-state index contributed by atoms with van der Waals surface area (Å²) in [7, 11) is 0. The van der Waals surface area contributed by atoms with Gasteiger partial charge in [-0.15, -0.1) is 0 Å². The molecule has 2 aliphatic rings. The predicted octanol–water partition coefficient (Wildman–Crippen LogP) is 1.65. The average Bonchev–Trinajstić information content (AvgIpc) is 3.20. The lowest BCUT2D eigenvalue weighted by molar-refractivity contribution is 0.0350. The summed E-state index contributed by atoms with van der Waals surface area (Å²) in [6, 6.07) is 7.32. The van der Waals surface area contributed by atoms with Crippen LogP contribution >= 0.6 is 0 Å². The van der Waals surface area contributed by atoms with Crippen LogP contribution in [0.3, 0.4) is 0 Å².